The van der Waals surface area contributed by atoms with Crippen LogP contribution in [0.2, 0.25) is 0 Å². The van der Waals surface area contributed by atoms with E-state index >= 15 is 0 Å². The summed E-state index contributed by atoms with van der Waals surface area (Å²) in [6.45, 7) is 6.52. The van der Waals surface area contributed by atoms with E-state index in [0.29, 0.717) is 6.54 Å². The molecular formula is C15H19FN2O. The van der Waals surface area contributed by atoms with Gasteiger partial charge in [0, 0.05) is 6.54 Å². The van der Waals surface area contributed by atoms with E-state index in [4.69, 9.17) is 0 Å². The molecular weight excluding hydrogens is 243 g/mol. The summed E-state index contributed by atoms with van der Waals surface area (Å²) in [6, 6.07) is 6.36. The van der Waals surface area contributed by atoms with E-state index < -0.39 is 6.10 Å². The molecule has 0 amide bonds. The van der Waals surface area contributed by atoms with E-state index in [0.717, 1.165) is 28.9 Å². The molecule has 0 fully saturated rings. The third-order valence-corrected chi connectivity index (χ3v) is 3.33. The highest BCUT2D eigenvalue weighted by Gasteiger charge is 2.18. The van der Waals surface area contributed by atoms with E-state index in [1.165, 1.54) is 12.1 Å². The van der Waals surface area contributed by atoms with Crippen LogP contribution in [0.4, 0.5) is 4.39 Å². The molecule has 2 rings (SSSR count). The first-order valence-corrected chi connectivity index (χ1v) is 6.57. The number of halogens is 1. The van der Waals surface area contributed by atoms with Crippen LogP contribution in [0.25, 0.3) is 0 Å². The standard InChI is InChI=1S/C15H19FN2O/c1-4-12-9-14(18(5-2)17-12)15(19)13-7-6-11(16)8-10(13)3/h6-9,15,19H,4-5H2,1-3H3. The number of hydrogen-bond donors (Lipinski definition) is 1. The average molecular weight is 262 g/mol. The zero-order valence-corrected chi connectivity index (χ0v) is 11.5. The van der Waals surface area contributed by atoms with Gasteiger partial charge in [0.15, 0.2) is 0 Å². The van der Waals surface area contributed by atoms with Crippen molar-refractivity contribution in [3.8, 4) is 0 Å². The summed E-state index contributed by atoms with van der Waals surface area (Å²) in [4.78, 5) is 0. The van der Waals surface area contributed by atoms with Crippen molar-refractivity contribution in [3.05, 3.63) is 52.6 Å². The minimum atomic E-state index is -0.770. The third kappa shape index (κ3) is 2.68. The molecule has 0 radical (unpaired) electrons. The van der Waals surface area contributed by atoms with Gasteiger partial charge in [0.05, 0.1) is 11.4 Å². The van der Waals surface area contributed by atoms with Gasteiger partial charge in [0.25, 0.3) is 0 Å². The summed E-state index contributed by atoms with van der Waals surface area (Å²) in [7, 11) is 0. The molecule has 1 N–H and O–H groups in total. The van der Waals surface area contributed by atoms with Crippen LogP contribution in [0, 0.1) is 12.7 Å². The Hall–Kier alpha value is -1.68. The van der Waals surface area contributed by atoms with Gasteiger partial charge in [0.2, 0.25) is 0 Å². The predicted octanol–water partition coefficient (Wildman–Crippen LogP) is 2.99. The molecule has 0 aliphatic heterocycles. The van der Waals surface area contributed by atoms with Crippen molar-refractivity contribution >= 4 is 0 Å². The van der Waals surface area contributed by atoms with Gasteiger partial charge in [0.1, 0.15) is 11.9 Å². The monoisotopic (exact) mass is 262 g/mol. The Balaban J connectivity index is 2.42. The van der Waals surface area contributed by atoms with Gasteiger partial charge in [-0.25, -0.2) is 4.39 Å². The normalized spacial score (nSPS) is 12.7. The highest BCUT2D eigenvalue weighted by Crippen LogP contribution is 2.26. The van der Waals surface area contributed by atoms with Crippen LogP contribution in [-0.2, 0) is 13.0 Å². The van der Waals surface area contributed by atoms with Crippen molar-refractivity contribution < 1.29 is 9.50 Å². The summed E-state index contributed by atoms with van der Waals surface area (Å²) < 4.78 is 14.9. The largest absolute Gasteiger partial charge is 0.382 e. The number of aromatic nitrogens is 2. The number of aryl methyl sites for hydroxylation is 3. The zero-order chi connectivity index (χ0) is 14.0. The Kier molecular flexibility index (Phi) is 4.00. The Morgan fingerprint density at radius 3 is 2.63 bits per heavy atom. The lowest BCUT2D eigenvalue weighted by Crippen LogP contribution is -2.10. The van der Waals surface area contributed by atoms with Crippen LogP contribution in [0.15, 0.2) is 24.3 Å². The predicted molar refractivity (Wildman–Crippen MR) is 72.5 cm³/mol. The maximum Gasteiger partial charge on any atom is 0.123 e. The minimum Gasteiger partial charge on any atom is -0.382 e. The molecule has 0 aliphatic carbocycles. The van der Waals surface area contributed by atoms with Gasteiger partial charge in [-0.05, 0) is 49.6 Å². The van der Waals surface area contributed by atoms with E-state index in [2.05, 4.69) is 5.10 Å². The lowest BCUT2D eigenvalue weighted by atomic mass is 10.0. The van der Waals surface area contributed by atoms with E-state index in [9.17, 15) is 9.50 Å². The topological polar surface area (TPSA) is 38.0 Å². The third-order valence-electron chi connectivity index (χ3n) is 3.33. The van der Waals surface area contributed by atoms with Gasteiger partial charge < -0.3 is 5.11 Å². The van der Waals surface area contributed by atoms with Gasteiger partial charge in [-0.2, -0.15) is 5.10 Å². The Morgan fingerprint density at radius 1 is 1.32 bits per heavy atom. The maximum absolute atomic E-state index is 13.1. The SMILES string of the molecule is CCc1cc(C(O)c2ccc(F)cc2C)n(CC)n1. The second-order valence-corrected chi connectivity index (χ2v) is 4.63. The number of rotatable bonds is 4. The fraction of sp³-hybridized carbons (Fsp3) is 0.400. The number of aliphatic hydroxyl groups is 1. The molecule has 1 heterocycles. The zero-order valence-electron chi connectivity index (χ0n) is 11.5. The molecule has 2 aromatic rings. The fourth-order valence-corrected chi connectivity index (χ4v) is 2.24. The number of hydrogen-bond acceptors (Lipinski definition) is 2. The van der Waals surface area contributed by atoms with Crippen molar-refractivity contribution in [2.75, 3.05) is 0 Å². The van der Waals surface area contributed by atoms with E-state index in [-0.39, 0.29) is 5.82 Å². The molecule has 0 aliphatic rings. The van der Waals surface area contributed by atoms with E-state index in [1.54, 1.807) is 17.7 Å². The summed E-state index contributed by atoms with van der Waals surface area (Å²) in [5.74, 6) is -0.285. The van der Waals surface area contributed by atoms with Crippen molar-refractivity contribution in [1.82, 2.24) is 9.78 Å². The molecule has 0 spiro atoms. The molecule has 1 atom stereocenters. The molecule has 1 unspecified atom stereocenters. The summed E-state index contributed by atoms with van der Waals surface area (Å²) in [6.07, 6.45) is 0.0584. The molecule has 0 bridgehead atoms. The first kappa shape index (κ1) is 13.7. The second kappa shape index (κ2) is 5.53. The first-order valence-electron chi connectivity index (χ1n) is 6.57. The number of aliphatic hydroxyl groups excluding tert-OH is 1. The van der Waals surface area contributed by atoms with Gasteiger partial charge in [-0.3, -0.25) is 4.68 Å². The average Bonchev–Trinajstić information content (AvgIpc) is 2.81. The lowest BCUT2D eigenvalue weighted by Gasteiger charge is -2.15. The Labute approximate surface area is 112 Å². The first-order chi connectivity index (χ1) is 9.06. The highest BCUT2D eigenvalue weighted by atomic mass is 19.1. The van der Waals surface area contributed by atoms with Crippen molar-refractivity contribution in [2.24, 2.45) is 0 Å². The van der Waals surface area contributed by atoms with Gasteiger partial charge in [-0.15, -0.1) is 0 Å². The molecule has 4 heteroatoms. The highest BCUT2D eigenvalue weighted by molar-refractivity contribution is 5.34. The van der Waals surface area contributed by atoms with E-state index in [1.807, 2.05) is 19.9 Å². The minimum absolute atomic E-state index is 0.285. The fourth-order valence-electron chi connectivity index (χ4n) is 2.24. The summed E-state index contributed by atoms with van der Waals surface area (Å²) in [5.41, 5.74) is 3.18. The second-order valence-electron chi connectivity index (χ2n) is 4.63. The lowest BCUT2D eigenvalue weighted by molar-refractivity contribution is 0.207. The van der Waals surface area contributed by atoms with Crippen LogP contribution < -0.4 is 0 Å². The molecule has 1 aromatic heterocycles. The quantitative estimate of drug-likeness (QED) is 0.919. The molecule has 19 heavy (non-hydrogen) atoms. The van der Waals surface area contributed by atoms with Gasteiger partial charge in [-0.1, -0.05) is 13.0 Å². The summed E-state index contributed by atoms with van der Waals surface area (Å²) in [5, 5.41) is 14.9. The molecule has 3 nitrogen and oxygen atoms in total. The molecule has 0 saturated heterocycles. The van der Waals surface area contributed by atoms with Gasteiger partial charge >= 0.3 is 0 Å². The van der Waals surface area contributed by atoms with Crippen LogP contribution in [-0.4, -0.2) is 14.9 Å². The maximum atomic E-state index is 13.1. The van der Waals surface area contributed by atoms with Crippen LogP contribution in [0.3, 0.4) is 0 Å². The van der Waals surface area contributed by atoms with Crippen molar-refractivity contribution in [3.63, 3.8) is 0 Å². The number of nitrogens with zero attached hydrogens (tertiary/aromatic N) is 2. The number of benzene rings is 1. The van der Waals surface area contributed by atoms with Crippen LogP contribution in [0.1, 0.15) is 42.5 Å². The Morgan fingerprint density at radius 2 is 2.05 bits per heavy atom. The van der Waals surface area contributed by atoms with Crippen molar-refractivity contribution in [2.45, 2.75) is 39.8 Å². The van der Waals surface area contributed by atoms with Crippen LogP contribution in [0.5, 0.6) is 0 Å². The van der Waals surface area contributed by atoms with Crippen molar-refractivity contribution in [1.29, 1.82) is 0 Å². The Bertz CT molecular complexity index is 578. The molecule has 0 saturated carbocycles. The smallest absolute Gasteiger partial charge is 0.123 e. The molecule has 1 aromatic carbocycles. The van der Waals surface area contributed by atoms with Crippen LogP contribution >= 0.6 is 0 Å². The molecule has 102 valence electrons. The summed E-state index contributed by atoms with van der Waals surface area (Å²) >= 11 is 0.